The van der Waals surface area contributed by atoms with E-state index in [0.29, 0.717) is 21.8 Å². The van der Waals surface area contributed by atoms with Gasteiger partial charge in [0.2, 0.25) is 4.87 Å². The fourth-order valence-electron chi connectivity index (χ4n) is 3.27. The molecule has 2 amide bonds. The number of esters is 1. The van der Waals surface area contributed by atoms with E-state index >= 15 is 0 Å². The molecule has 2 aromatic rings. The number of rotatable bonds is 3. The van der Waals surface area contributed by atoms with Crippen LogP contribution in [-0.2, 0) is 19.2 Å². The third-order valence-corrected chi connectivity index (χ3v) is 6.64. The smallest absolute Gasteiger partial charge is 0.353 e. The Hall–Kier alpha value is -2.16. The lowest BCUT2D eigenvalue weighted by atomic mass is 10.1. The Bertz CT molecular complexity index is 1070. The largest absolute Gasteiger partial charge is 0.461 e. The van der Waals surface area contributed by atoms with Gasteiger partial charge in [-0.2, -0.15) is 0 Å². The first kappa shape index (κ1) is 20.1. The van der Waals surface area contributed by atoms with E-state index in [-0.39, 0.29) is 18.1 Å². The number of hydrogen-bond donors (Lipinski definition) is 0. The summed E-state index contributed by atoms with van der Waals surface area (Å²) in [5, 5.41) is 0.491. The van der Waals surface area contributed by atoms with Crippen LogP contribution in [0.2, 0.25) is 5.02 Å². The number of hydrogen-bond acceptors (Lipinski definition) is 6. The van der Waals surface area contributed by atoms with E-state index in [1.54, 1.807) is 49.4 Å². The summed E-state index contributed by atoms with van der Waals surface area (Å²) in [6.07, 6.45) is 0. The van der Waals surface area contributed by atoms with Crippen LogP contribution in [0.25, 0.3) is 0 Å². The lowest BCUT2D eigenvalue weighted by molar-refractivity contribution is -0.135. The maximum Gasteiger partial charge on any atom is 0.353 e. The number of ether oxygens (including phenoxy) is 1. The van der Waals surface area contributed by atoms with Gasteiger partial charge in [0.15, 0.2) is 0 Å². The van der Waals surface area contributed by atoms with Crippen LogP contribution in [0, 0.1) is 0 Å². The van der Waals surface area contributed by atoms with E-state index in [4.69, 9.17) is 16.3 Å². The first-order valence-electron chi connectivity index (χ1n) is 8.71. The molecule has 29 heavy (non-hydrogen) atoms. The number of imide groups is 1. The predicted octanol–water partition coefficient (Wildman–Crippen LogP) is 4.19. The summed E-state index contributed by atoms with van der Waals surface area (Å²) in [6.45, 7) is 1.92. The minimum Gasteiger partial charge on any atom is -0.461 e. The number of halogens is 2. The quantitative estimate of drug-likeness (QED) is 0.473. The van der Waals surface area contributed by atoms with Crippen molar-refractivity contribution >= 4 is 68.5 Å². The Morgan fingerprint density at radius 3 is 2.69 bits per heavy atom. The molecule has 4 rings (SSSR count). The number of thioether (sulfide) groups is 1. The summed E-state index contributed by atoms with van der Waals surface area (Å²) < 4.78 is 5.77. The Labute approximate surface area is 184 Å². The molecule has 2 heterocycles. The van der Waals surface area contributed by atoms with Crippen molar-refractivity contribution in [3.05, 3.63) is 63.1 Å². The number of carbonyl (C=O) groups excluding carboxylic acids is 3. The third kappa shape index (κ3) is 3.29. The van der Waals surface area contributed by atoms with Gasteiger partial charge in [-0.1, -0.05) is 27.5 Å². The summed E-state index contributed by atoms with van der Waals surface area (Å²) in [7, 11) is 0. The van der Waals surface area contributed by atoms with Crippen LogP contribution in [-0.4, -0.2) is 35.9 Å². The molecule has 0 aromatic heterocycles. The second-order valence-electron chi connectivity index (χ2n) is 6.33. The molecule has 0 saturated heterocycles. The topological polar surface area (TPSA) is 76.0 Å². The van der Waals surface area contributed by atoms with Crippen LogP contribution in [0.3, 0.4) is 0 Å². The van der Waals surface area contributed by atoms with Gasteiger partial charge in [-0.25, -0.2) is 14.7 Å². The molecule has 0 radical (unpaired) electrons. The zero-order chi connectivity index (χ0) is 20.8. The van der Waals surface area contributed by atoms with Gasteiger partial charge in [0, 0.05) is 26.4 Å². The highest BCUT2D eigenvalue weighted by atomic mass is 79.9. The molecular formula is C20H14BrClN2O4S. The van der Waals surface area contributed by atoms with Crippen LogP contribution >= 0.6 is 39.3 Å². The number of anilines is 1. The second kappa shape index (κ2) is 7.59. The Kier molecular flexibility index (Phi) is 5.27. The minimum absolute atomic E-state index is 0.178. The fourth-order valence-corrected chi connectivity index (χ4v) is 4.99. The van der Waals surface area contributed by atoms with Gasteiger partial charge in [0.05, 0.1) is 12.3 Å². The maximum atomic E-state index is 13.5. The molecule has 9 heteroatoms. The van der Waals surface area contributed by atoms with Gasteiger partial charge in [-0.3, -0.25) is 9.59 Å². The van der Waals surface area contributed by atoms with Crippen LogP contribution < -0.4 is 4.90 Å². The van der Waals surface area contributed by atoms with Gasteiger partial charge in [0.1, 0.15) is 5.71 Å². The average molecular weight is 494 g/mol. The first-order chi connectivity index (χ1) is 13.9. The Morgan fingerprint density at radius 2 is 2.00 bits per heavy atom. The van der Waals surface area contributed by atoms with Crippen molar-refractivity contribution in [3.63, 3.8) is 0 Å². The lowest BCUT2D eigenvalue weighted by Gasteiger charge is -2.19. The van der Waals surface area contributed by atoms with E-state index in [0.717, 1.165) is 9.37 Å². The van der Waals surface area contributed by atoms with Crippen LogP contribution in [0.15, 0.2) is 51.9 Å². The van der Waals surface area contributed by atoms with Crippen molar-refractivity contribution in [3.8, 4) is 0 Å². The van der Waals surface area contributed by atoms with Gasteiger partial charge in [0.25, 0.3) is 11.8 Å². The minimum atomic E-state index is -1.39. The number of aliphatic imine (C=N–C) groups is 1. The number of amides is 2. The SMILES string of the molecule is CCOC(=O)C1=N[C@@]2(SC1)C(=O)N(C(=O)c1ccc(Cl)cc1)c1ccc(Br)cc12. The standard InChI is InChI=1S/C20H14BrClN2O4S/c1-2-28-18(26)15-10-29-20(23-15)14-9-12(21)5-8-16(14)24(19(20)27)17(25)11-3-6-13(22)7-4-11/h3-9H,2,10H2,1H3/t20-/m0/s1. The first-order valence-corrected chi connectivity index (χ1v) is 10.9. The lowest BCUT2D eigenvalue weighted by Crippen LogP contribution is -2.40. The van der Waals surface area contributed by atoms with Crippen molar-refractivity contribution in [1.29, 1.82) is 0 Å². The molecule has 0 bridgehead atoms. The van der Waals surface area contributed by atoms with Gasteiger partial charge in [-0.15, -0.1) is 11.8 Å². The Morgan fingerprint density at radius 1 is 1.28 bits per heavy atom. The van der Waals surface area contributed by atoms with Crippen molar-refractivity contribution in [2.45, 2.75) is 11.8 Å². The van der Waals surface area contributed by atoms with Gasteiger partial charge < -0.3 is 4.74 Å². The third-order valence-electron chi connectivity index (χ3n) is 4.57. The van der Waals surface area contributed by atoms with Crippen molar-refractivity contribution in [1.82, 2.24) is 0 Å². The van der Waals surface area contributed by atoms with Crippen molar-refractivity contribution in [2.24, 2.45) is 4.99 Å². The fraction of sp³-hybridized carbons (Fsp3) is 0.200. The number of carbonyl (C=O) groups is 3. The van der Waals surface area contributed by atoms with E-state index in [2.05, 4.69) is 20.9 Å². The van der Waals surface area contributed by atoms with Crippen LogP contribution in [0.4, 0.5) is 5.69 Å². The van der Waals surface area contributed by atoms with E-state index < -0.39 is 22.7 Å². The van der Waals surface area contributed by atoms with Gasteiger partial charge in [-0.05, 0) is 49.4 Å². The highest BCUT2D eigenvalue weighted by Gasteiger charge is 2.57. The zero-order valence-corrected chi connectivity index (χ0v) is 18.3. The van der Waals surface area contributed by atoms with Crippen LogP contribution in [0.1, 0.15) is 22.8 Å². The van der Waals surface area contributed by atoms with E-state index in [9.17, 15) is 14.4 Å². The highest BCUT2D eigenvalue weighted by molar-refractivity contribution is 9.10. The molecule has 0 fully saturated rings. The summed E-state index contributed by atoms with van der Waals surface area (Å²) in [5.41, 5.74) is 1.51. The molecule has 0 saturated carbocycles. The maximum absolute atomic E-state index is 13.5. The molecule has 2 aliphatic rings. The zero-order valence-electron chi connectivity index (χ0n) is 15.1. The number of nitrogens with zero attached hydrogens (tertiary/aromatic N) is 2. The number of fused-ring (bicyclic) bond motifs is 2. The van der Waals surface area contributed by atoms with Crippen LogP contribution in [0.5, 0.6) is 0 Å². The van der Waals surface area contributed by atoms with Crippen molar-refractivity contribution in [2.75, 3.05) is 17.3 Å². The molecule has 2 aromatic carbocycles. The summed E-state index contributed by atoms with van der Waals surface area (Å²) >= 11 is 10.5. The molecule has 0 aliphatic carbocycles. The molecule has 0 N–H and O–H groups in total. The summed E-state index contributed by atoms with van der Waals surface area (Å²) in [5.74, 6) is -1.31. The molecule has 148 valence electrons. The van der Waals surface area contributed by atoms with Crippen molar-refractivity contribution < 1.29 is 19.1 Å². The molecule has 6 nitrogen and oxygen atoms in total. The normalized spacial score (nSPS) is 20.0. The molecule has 0 unspecified atom stereocenters. The Balaban J connectivity index is 1.81. The summed E-state index contributed by atoms with van der Waals surface area (Å²) in [4.78, 5) is 43.0. The molecule has 1 spiro atoms. The summed E-state index contributed by atoms with van der Waals surface area (Å²) in [6, 6.07) is 11.5. The van der Waals surface area contributed by atoms with Gasteiger partial charge >= 0.3 is 5.97 Å². The second-order valence-corrected chi connectivity index (χ2v) is 8.85. The molecule has 2 aliphatic heterocycles. The van der Waals surface area contributed by atoms with E-state index in [1.807, 2.05) is 0 Å². The van der Waals surface area contributed by atoms with E-state index in [1.165, 1.54) is 11.8 Å². The monoisotopic (exact) mass is 492 g/mol. The highest BCUT2D eigenvalue weighted by Crippen LogP contribution is 2.53. The number of benzene rings is 2. The average Bonchev–Trinajstić information content (AvgIpc) is 3.25. The molecule has 1 atom stereocenters. The molecular weight excluding hydrogens is 480 g/mol. The predicted molar refractivity (Wildman–Crippen MR) is 116 cm³/mol.